The van der Waals surface area contributed by atoms with Gasteiger partial charge in [-0.25, -0.2) is 4.79 Å². The monoisotopic (exact) mass is 314 g/mol. The van der Waals surface area contributed by atoms with Gasteiger partial charge < -0.3 is 9.84 Å². The molecule has 0 radical (unpaired) electrons. The zero-order valence-electron chi connectivity index (χ0n) is 12.8. The average Bonchev–Trinajstić information content (AvgIpc) is 2.91. The number of hydrogen-bond donors (Lipinski definition) is 1. The molecule has 1 aliphatic rings. The normalized spacial score (nSPS) is 16.0. The van der Waals surface area contributed by atoms with Crippen LogP contribution in [-0.4, -0.2) is 34.1 Å². The molecule has 0 saturated carbocycles. The number of carbonyl (C=O) groups is 1. The molecule has 2 heterocycles. The predicted octanol–water partition coefficient (Wildman–Crippen LogP) is 3.43. The fourth-order valence-electron chi connectivity index (χ4n) is 2.72. The van der Waals surface area contributed by atoms with Gasteiger partial charge >= 0.3 is 5.97 Å². The molecule has 1 aromatic heterocycles. The van der Waals surface area contributed by atoms with Crippen molar-refractivity contribution in [3.63, 3.8) is 0 Å². The first-order chi connectivity index (χ1) is 11.2. The van der Waals surface area contributed by atoms with Gasteiger partial charge in [0.2, 0.25) is 0 Å². The Kier molecular flexibility index (Phi) is 4.47. The maximum atomic E-state index is 11.6. The molecular weight excluding hydrogens is 296 g/mol. The Balaban J connectivity index is 2.01. The molecule has 1 aliphatic heterocycles. The third-order valence-electron chi connectivity index (χ3n) is 3.88. The van der Waals surface area contributed by atoms with Crippen LogP contribution in [0.25, 0.3) is 0 Å². The van der Waals surface area contributed by atoms with E-state index in [9.17, 15) is 9.90 Å². The molecule has 0 unspecified atom stereocenters. The smallest absolute Gasteiger partial charge is 0.356 e. The van der Waals surface area contributed by atoms with Crippen LogP contribution in [-0.2, 0) is 11.8 Å². The second kappa shape index (κ2) is 6.70. The Morgan fingerprint density at radius 1 is 1.26 bits per heavy atom. The lowest BCUT2D eigenvalue weighted by molar-refractivity contribution is 0.0686. The van der Waals surface area contributed by atoms with Gasteiger partial charge in [0.25, 0.3) is 0 Å². The summed E-state index contributed by atoms with van der Waals surface area (Å²) in [5, 5.41) is 22.2. The number of azo groups is 1. The lowest BCUT2D eigenvalue weighted by Gasteiger charge is -2.20. The summed E-state index contributed by atoms with van der Waals surface area (Å²) in [5.41, 5.74) is 1.76. The minimum Gasteiger partial charge on any atom is -0.476 e. The summed E-state index contributed by atoms with van der Waals surface area (Å²) in [7, 11) is 1.62. The first kappa shape index (κ1) is 15.4. The molecule has 7 heteroatoms. The minimum atomic E-state index is -1.06. The average molecular weight is 314 g/mol. The summed E-state index contributed by atoms with van der Waals surface area (Å²) in [6, 6.07) is 9.23. The summed E-state index contributed by atoms with van der Waals surface area (Å²) in [6.45, 7) is 1.30. The highest BCUT2D eigenvalue weighted by atomic mass is 16.5. The number of nitrogens with zero attached hydrogens (tertiary/aromatic N) is 4. The first-order valence-electron chi connectivity index (χ1n) is 7.51. The number of aromatic nitrogens is 2. The van der Waals surface area contributed by atoms with Crippen LogP contribution in [0, 0.1) is 0 Å². The number of ether oxygens (including phenoxy) is 1. The molecule has 2 aromatic rings. The van der Waals surface area contributed by atoms with E-state index in [1.807, 2.05) is 30.3 Å². The molecule has 0 atom stereocenters. The molecule has 7 nitrogen and oxygen atoms in total. The van der Waals surface area contributed by atoms with Gasteiger partial charge in [-0.05, 0) is 25.0 Å². The lowest BCUT2D eigenvalue weighted by atomic mass is 9.95. The molecule has 1 N–H and O–H groups in total. The van der Waals surface area contributed by atoms with E-state index in [1.54, 1.807) is 7.05 Å². The van der Waals surface area contributed by atoms with Crippen molar-refractivity contribution in [2.24, 2.45) is 17.3 Å². The molecule has 0 spiro atoms. The molecule has 1 saturated heterocycles. The highest BCUT2D eigenvalue weighted by molar-refractivity contribution is 5.92. The van der Waals surface area contributed by atoms with Gasteiger partial charge in [0.05, 0.1) is 11.4 Å². The molecule has 1 fully saturated rings. The molecule has 0 bridgehead atoms. The van der Waals surface area contributed by atoms with E-state index in [1.165, 1.54) is 4.68 Å². The maximum Gasteiger partial charge on any atom is 0.356 e. The molecule has 0 aliphatic carbocycles. The van der Waals surface area contributed by atoms with E-state index >= 15 is 0 Å². The van der Waals surface area contributed by atoms with Crippen LogP contribution >= 0.6 is 0 Å². The predicted molar refractivity (Wildman–Crippen MR) is 83.6 cm³/mol. The zero-order valence-corrected chi connectivity index (χ0v) is 12.8. The number of carboxylic acid groups (broad SMARTS) is 1. The quantitative estimate of drug-likeness (QED) is 0.875. The van der Waals surface area contributed by atoms with Gasteiger partial charge in [-0.3, -0.25) is 4.68 Å². The molecule has 1 aromatic carbocycles. The van der Waals surface area contributed by atoms with Gasteiger partial charge in [-0.1, -0.05) is 18.2 Å². The summed E-state index contributed by atoms with van der Waals surface area (Å²) in [5.74, 6) is -0.909. The Morgan fingerprint density at radius 2 is 1.96 bits per heavy atom. The third kappa shape index (κ3) is 3.29. The number of aryl methyl sites for hydroxylation is 1. The molecular formula is C16H18N4O3. The van der Waals surface area contributed by atoms with Crippen molar-refractivity contribution in [2.75, 3.05) is 13.2 Å². The van der Waals surface area contributed by atoms with Gasteiger partial charge in [0.15, 0.2) is 5.69 Å². The number of carboxylic acids is 1. The molecule has 120 valence electrons. The molecule has 3 rings (SSSR count). The van der Waals surface area contributed by atoms with E-state index in [-0.39, 0.29) is 11.6 Å². The van der Waals surface area contributed by atoms with Crippen LogP contribution in [0.15, 0.2) is 40.6 Å². The van der Waals surface area contributed by atoms with Gasteiger partial charge in [-0.15, -0.1) is 5.11 Å². The summed E-state index contributed by atoms with van der Waals surface area (Å²) >= 11 is 0. The Hall–Kier alpha value is -2.54. The Labute approximate surface area is 133 Å². The van der Waals surface area contributed by atoms with Crippen molar-refractivity contribution >= 4 is 17.3 Å². The first-order valence-corrected chi connectivity index (χ1v) is 7.51. The van der Waals surface area contributed by atoms with Crippen molar-refractivity contribution < 1.29 is 14.6 Å². The summed E-state index contributed by atoms with van der Waals surface area (Å²) < 4.78 is 6.74. The second-order valence-electron chi connectivity index (χ2n) is 5.43. The lowest BCUT2D eigenvalue weighted by Crippen LogP contribution is -2.14. The number of aromatic carboxylic acids is 1. The SMILES string of the molecule is Cn1nc(C2CCOCC2)c(/N=N/c2ccccc2)c1C(=O)O. The molecule has 0 amide bonds. The van der Waals surface area contributed by atoms with Crippen LogP contribution in [0.4, 0.5) is 11.4 Å². The van der Waals surface area contributed by atoms with Crippen molar-refractivity contribution in [1.82, 2.24) is 9.78 Å². The minimum absolute atomic E-state index is 0.0613. The van der Waals surface area contributed by atoms with Crippen LogP contribution < -0.4 is 0 Å². The maximum absolute atomic E-state index is 11.6. The van der Waals surface area contributed by atoms with Crippen LogP contribution in [0.2, 0.25) is 0 Å². The van der Waals surface area contributed by atoms with Crippen molar-refractivity contribution in [2.45, 2.75) is 18.8 Å². The third-order valence-corrected chi connectivity index (χ3v) is 3.88. The van der Waals surface area contributed by atoms with Gasteiger partial charge in [0, 0.05) is 26.2 Å². The van der Waals surface area contributed by atoms with E-state index < -0.39 is 5.97 Å². The van der Waals surface area contributed by atoms with E-state index in [4.69, 9.17) is 4.74 Å². The van der Waals surface area contributed by atoms with Crippen molar-refractivity contribution in [3.05, 3.63) is 41.7 Å². The highest BCUT2D eigenvalue weighted by Gasteiger charge is 2.28. The topological polar surface area (TPSA) is 89.1 Å². The Bertz CT molecular complexity index is 718. The van der Waals surface area contributed by atoms with Crippen molar-refractivity contribution in [3.8, 4) is 0 Å². The van der Waals surface area contributed by atoms with Gasteiger partial charge in [0.1, 0.15) is 5.69 Å². The van der Waals surface area contributed by atoms with Crippen LogP contribution in [0.5, 0.6) is 0 Å². The van der Waals surface area contributed by atoms with Crippen molar-refractivity contribution in [1.29, 1.82) is 0 Å². The number of rotatable bonds is 4. The summed E-state index contributed by atoms with van der Waals surface area (Å²) in [4.78, 5) is 11.6. The van der Waals surface area contributed by atoms with E-state index in [0.29, 0.717) is 30.3 Å². The zero-order chi connectivity index (χ0) is 16.2. The van der Waals surface area contributed by atoms with Crippen LogP contribution in [0.3, 0.4) is 0 Å². The standard InChI is InChI=1S/C16H18N4O3/c1-20-15(16(21)22)14(18-17-12-5-3-2-4-6-12)13(19-20)11-7-9-23-10-8-11/h2-6,11H,7-10H2,1H3,(H,21,22)/b18-17+. The van der Waals surface area contributed by atoms with E-state index in [0.717, 1.165) is 12.8 Å². The van der Waals surface area contributed by atoms with Crippen LogP contribution in [0.1, 0.15) is 34.9 Å². The fourth-order valence-corrected chi connectivity index (χ4v) is 2.72. The molecule has 23 heavy (non-hydrogen) atoms. The second-order valence-corrected chi connectivity index (χ2v) is 5.43. The largest absolute Gasteiger partial charge is 0.476 e. The highest BCUT2D eigenvalue weighted by Crippen LogP contribution is 2.36. The number of benzene rings is 1. The number of hydrogen-bond acceptors (Lipinski definition) is 5. The van der Waals surface area contributed by atoms with E-state index in [2.05, 4.69) is 15.3 Å². The van der Waals surface area contributed by atoms with Gasteiger partial charge in [-0.2, -0.15) is 10.2 Å². The summed E-state index contributed by atoms with van der Waals surface area (Å²) in [6.07, 6.45) is 1.62. The Morgan fingerprint density at radius 3 is 2.61 bits per heavy atom. The fraction of sp³-hybridized carbons (Fsp3) is 0.375.